The Hall–Kier alpha value is -0.530. The molecule has 1 aromatic carbocycles. The van der Waals surface area contributed by atoms with Crippen LogP contribution in [0, 0.1) is 5.41 Å². The van der Waals surface area contributed by atoms with Crippen LogP contribution in [0.2, 0.25) is 0 Å². The number of rotatable bonds is 0. The number of carbonyl (C=O) groups excluding carboxylic acids is 1. The topological polar surface area (TPSA) is 148 Å². The Bertz CT molecular complexity index is 967. The molecule has 2 aliphatic rings. The molecule has 0 radical (unpaired) electrons. The number of allylic oxidation sites excluding steroid dienone is 2. The molecular formula is C31H53Br3O8. The molecular weight excluding hydrogens is 740 g/mol. The number of fused-ring (bicyclic) bond motifs is 3. The van der Waals surface area contributed by atoms with Crippen LogP contribution in [0.15, 0.2) is 29.3 Å². The zero-order valence-electron chi connectivity index (χ0n) is 26.5. The van der Waals surface area contributed by atoms with E-state index in [2.05, 4.69) is 61.6 Å². The number of halogens is 3. The van der Waals surface area contributed by atoms with Gasteiger partial charge in [0.15, 0.2) is 0 Å². The van der Waals surface area contributed by atoms with Crippen LogP contribution in [0.3, 0.4) is 0 Å². The molecule has 1 heterocycles. The molecule has 3 rings (SSSR count). The molecule has 5 atom stereocenters. The first kappa shape index (κ1) is 43.6. The fraction of sp³-hybridized carbons (Fsp3) is 0.710. The van der Waals surface area contributed by atoms with Crippen molar-refractivity contribution >= 4 is 53.8 Å². The van der Waals surface area contributed by atoms with Crippen molar-refractivity contribution in [1.82, 2.24) is 0 Å². The molecule has 0 saturated carbocycles. The van der Waals surface area contributed by atoms with E-state index >= 15 is 0 Å². The number of alkyl halides is 3. The Morgan fingerprint density at radius 1 is 0.810 bits per heavy atom. The lowest BCUT2D eigenvalue weighted by Gasteiger charge is -2.44. The van der Waals surface area contributed by atoms with Crippen LogP contribution in [0.25, 0.3) is 0 Å². The average Bonchev–Trinajstić information content (AvgIpc) is 2.99. The highest BCUT2D eigenvalue weighted by Gasteiger charge is 2.42. The van der Waals surface area contributed by atoms with Crippen molar-refractivity contribution in [3.8, 4) is 5.75 Å². The summed E-state index contributed by atoms with van der Waals surface area (Å²) in [5, 5.41) is 50.0. The molecule has 0 aromatic heterocycles. The summed E-state index contributed by atoms with van der Waals surface area (Å²) in [4.78, 5) is 13.2. The van der Waals surface area contributed by atoms with Gasteiger partial charge in [0, 0.05) is 43.5 Å². The highest BCUT2D eigenvalue weighted by Crippen LogP contribution is 2.50. The first-order chi connectivity index (χ1) is 19.7. The van der Waals surface area contributed by atoms with Gasteiger partial charge >= 0.3 is 5.97 Å². The molecule has 246 valence electrons. The van der Waals surface area contributed by atoms with Crippen LogP contribution in [0.4, 0.5) is 0 Å². The number of esters is 1. The summed E-state index contributed by atoms with van der Waals surface area (Å²) in [5.74, 6) is -0.223. The maximum Gasteiger partial charge on any atom is 0.338 e. The third-order valence-corrected chi connectivity index (χ3v) is 12.4. The predicted octanol–water partition coefficient (Wildman–Crippen LogP) is 6.04. The van der Waals surface area contributed by atoms with Gasteiger partial charge in [0.2, 0.25) is 0 Å². The molecule has 11 heteroatoms. The second-order valence-corrected chi connectivity index (χ2v) is 14.4. The SMILES string of the molecule is CC1=C2Cc3cc(ccc3O)C(=O)OC(C)(C)[C@H](Br)CC[C@](C)(O)[C@H](Br)CC[C@]2(C)[C@@H](Br)CC1.CO.CO.CO.CO. The summed E-state index contributed by atoms with van der Waals surface area (Å²) in [6.07, 6.45) is 5.56. The van der Waals surface area contributed by atoms with E-state index in [1.165, 1.54) is 11.1 Å². The second-order valence-electron chi connectivity index (χ2n) is 11.1. The van der Waals surface area contributed by atoms with Gasteiger partial charge in [0.1, 0.15) is 11.4 Å². The fourth-order valence-corrected chi connectivity index (χ4v) is 6.73. The van der Waals surface area contributed by atoms with Crippen molar-refractivity contribution in [2.24, 2.45) is 5.41 Å². The summed E-state index contributed by atoms with van der Waals surface area (Å²) in [6, 6.07) is 5.00. The van der Waals surface area contributed by atoms with Crippen LogP contribution < -0.4 is 0 Å². The first-order valence-corrected chi connectivity index (χ1v) is 16.6. The lowest BCUT2D eigenvalue weighted by Crippen LogP contribution is -2.42. The Morgan fingerprint density at radius 2 is 1.33 bits per heavy atom. The monoisotopic (exact) mass is 790 g/mol. The number of aromatic hydroxyl groups is 1. The number of carbonyl (C=O) groups is 1. The molecule has 0 spiro atoms. The average molecular weight is 793 g/mol. The molecule has 1 aromatic rings. The quantitative estimate of drug-likeness (QED) is 0.106. The Morgan fingerprint density at radius 3 is 1.88 bits per heavy atom. The van der Waals surface area contributed by atoms with E-state index in [-0.39, 0.29) is 20.8 Å². The minimum atomic E-state index is -0.905. The summed E-state index contributed by atoms with van der Waals surface area (Å²) in [7, 11) is 4.00. The van der Waals surface area contributed by atoms with E-state index in [4.69, 9.17) is 25.2 Å². The van der Waals surface area contributed by atoms with Crippen molar-refractivity contribution in [1.29, 1.82) is 0 Å². The smallest absolute Gasteiger partial charge is 0.338 e. The number of cyclic esters (lactones) is 1. The number of aliphatic hydroxyl groups is 5. The van der Waals surface area contributed by atoms with Gasteiger partial charge in [-0.3, -0.25) is 0 Å². The van der Waals surface area contributed by atoms with E-state index in [0.29, 0.717) is 29.7 Å². The zero-order valence-corrected chi connectivity index (χ0v) is 31.3. The molecule has 42 heavy (non-hydrogen) atoms. The number of hydrogen-bond acceptors (Lipinski definition) is 8. The number of ether oxygens (including phenoxy) is 1. The lowest BCUT2D eigenvalue weighted by atomic mass is 9.66. The number of hydrogen-bond donors (Lipinski definition) is 6. The van der Waals surface area contributed by atoms with Gasteiger partial charge in [-0.05, 0) is 96.4 Å². The van der Waals surface area contributed by atoms with Gasteiger partial charge in [-0.15, -0.1) is 0 Å². The zero-order chi connectivity index (χ0) is 33.5. The molecule has 0 unspecified atom stereocenters. The fourth-order valence-electron chi connectivity index (χ4n) is 5.22. The maximum atomic E-state index is 13.1. The Labute approximate surface area is 278 Å². The van der Waals surface area contributed by atoms with Crippen LogP contribution in [-0.2, 0) is 11.2 Å². The second kappa shape index (κ2) is 20.5. The molecule has 1 aliphatic carbocycles. The van der Waals surface area contributed by atoms with Gasteiger partial charge in [-0.25, -0.2) is 4.79 Å². The molecule has 0 saturated heterocycles. The standard InChI is InChI=1S/C27H37Br3O4.4CH4O/c1-16-6-9-22(29)26(4)12-10-23(30)27(5,33)13-11-21(28)25(2,3)34-24(32)17-7-8-20(31)18(14-17)15-19(16)26;4*1-2/h7-8,14,21-23,31,33H,6,9-13,15H2,1-5H3;4*2H,1H3/t21-,22+,23-,26+,27+;;;;/m1..../s1. The van der Waals surface area contributed by atoms with Crippen molar-refractivity contribution in [3.63, 3.8) is 0 Å². The van der Waals surface area contributed by atoms with Gasteiger partial charge in [-0.2, -0.15) is 0 Å². The van der Waals surface area contributed by atoms with Gasteiger partial charge in [-0.1, -0.05) is 65.9 Å². The van der Waals surface area contributed by atoms with Crippen molar-refractivity contribution < 1.29 is 40.2 Å². The number of phenols is 1. The number of phenolic OH excluding ortho intramolecular Hbond substituents is 1. The summed E-state index contributed by atoms with van der Waals surface area (Å²) < 4.78 is 5.91. The van der Waals surface area contributed by atoms with E-state index in [0.717, 1.165) is 59.7 Å². The number of benzene rings is 1. The third-order valence-electron chi connectivity index (χ3n) is 7.96. The van der Waals surface area contributed by atoms with E-state index in [1.54, 1.807) is 18.2 Å². The minimum Gasteiger partial charge on any atom is -0.508 e. The minimum absolute atomic E-state index is 0.0741. The Balaban J connectivity index is 0. The predicted molar refractivity (Wildman–Crippen MR) is 181 cm³/mol. The number of aliphatic hydroxyl groups excluding tert-OH is 4. The van der Waals surface area contributed by atoms with Gasteiger partial charge in [0.25, 0.3) is 0 Å². The molecule has 2 bridgehead atoms. The lowest BCUT2D eigenvalue weighted by molar-refractivity contribution is -0.00675. The third kappa shape index (κ3) is 11.8. The van der Waals surface area contributed by atoms with Crippen LogP contribution in [0.5, 0.6) is 5.75 Å². The molecule has 8 nitrogen and oxygen atoms in total. The van der Waals surface area contributed by atoms with Crippen LogP contribution in [-0.4, -0.2) is 90.7 Å². The van der Waals surface area contributed by atoms with Crippen molar-refractivity contribution in [2.75, 3.05) is 28.4 Å². The van der Waals surface area contributed by atoms with Gasteiger partial charge < -0.3 is 35.4 Å². The summed E-state index contributed by atoms with van der Waals surface area (Å²) in [6.45, 7) is 10.1. The Kier molecular flexibility index (Phi) is 21.3. The molecule has 6 N–H and O–H groups in total. The van der Waals surface area contributed by atoms with Crippen molar-refractivity contribution in [3.05, 3.63) is 40.5 Å². The largest absolute Gasteiger partial charge is 0.508 e. The molecule has 1 aliphatic heterocycles. The van der Waals surface area contributed by atoms with Gasteiger partial charge in [0.05, 0.1) is 16.0 Å². The van der Waals surface area contributed by atoms with Crippen LogP contribution >= 0.6 is 47.8 Å². The van der Waals surface area contributed by atoms with E-state index in [9.17, 15) is 15.0 Å². The van der Waals surface area contributed by atoms with E-state index < -0.39 is 17.2 Å². The summed E-state index contributed by atoms with van der Waals surface area (Å²) in [5.41, 5.74) is 2.00. The van der Waals surface area contributed by atoms with E-state index in [1.807, 2.05) is 20.8 Å². The van der Waals surface area contributed by atoms with Crippen LogP contribution in [0.1, 0.15) is 89.1 Å². The highest BCUT2D eigenvalue weighted by atomic mass is 79.9. The highest BCUT2D eigenvalue weighted by molar-refractivity contribution is 9.10. The first-order valence-electron chi connectivity index (χ1n) is 13.8. The maximum absolute atomic E-state index is 13.1. The van der Waals surface area contributed by atoms with Crippen molar-refractivity contribution in [2.45, 2.75) is 105 Å². The molecule has 0 fully saturated rings. The normalized spacial score (nSPS) is 29.3. The molecule has 0 amide bonds. The summed E-state index contributed by atoms with van der Waals surface area (Å²) >= 11 is 11.5.